The first-order chi connectivity index (χ1) is 20.1. The first kappa shape index (κ1) is 28.1. The molecule has 5 heterocycles. The number of aryl methyl sites for hydroxylation is 1. The number of amides is 1. The molecule has 3 saturated heterocycles. The number of anilines is 3. The van der Waals surface area contributed by atoms with Gasteiger partial charge in [0.2, 0.25) is 5.88 Å². The molecule has 3 aliphatic rings. The minimum Gasteiger partial charge on any atom is -0.474 e. The SMILES string of the molecule is Cc1ccccc1-c1cc(N2CC3CCC(C2)N3c2ccnc(OC3CCN(C(=O)OC(C)(C)C)CC3)c2)c(N)nn1. The molecular formula is C32H41N7O3. The van der Waals surface area contributed by atoms with Gasteiger partial charge in [-0.15, -0.1) is 10.2 Å². The summed E-state index contributed by atoms with van der Waals surface area (Å²) >= 11 is 0. The fraction of sp³-hybridized carbons (Fsp3) is 0.500. The number of nitrogens with zero attached hydrogens (tertiary/aromatic N) is 6. The van der Waals surface area contributed by atoms with E-state index in [9.17, 15) is 4.79 Å². The van der Waals surface area contributed by atoms with Crippen LogP contribution < -0.4 is 20.3 Å². The van der Waals surface area contributed by atoms with Gasteiger partial charge >= 0.3 is 6.09 Å². The van der Waals surface area contributed by atoms with Crippen molar-refractivity contribution in [1.29, 1.82) is 0 Å². The van der Waals surface area contributed by atoms with Gasteiger partial charge in [0.1, 0.15) is 11.7 Å². The Morgan fingerprint density at radius 2 is 1.69 bits per heavy atom. The van der Waals surface area contributed by atoms with Crippen LogP contribution in [0.5, 0.6) is 5.88 Å². The lowest BCUT2D eigenvalue weighted by molar-refractivity contribution is 0.0123. The molecular weight excluding hydrogens is 530 g/mol. The highest BCUT2D eigenvalue weighted by molar-refractivity contribution is 5.73. The van der Waals surface area contributed by atoms with E-state index in [4.69, 9.17) is 15.2 Å². The maximum Gasteiger partial charge on any atom is 0.410 e. The van der Waals surface area contributed by atoms with Crippen LogP contribution in [-0.2, 0) is 4.74 Å². The number of piperidine rings is 1. The fourth-order valence-corrected chi connectivity index (χ4v) is 6.44. The van der Waals surface area contributed by atoms with Crippen molar-refractivity contribution in [2.45, 2.75) is 77.2 Å². The van der Waals surface area contributed by atoms with Crippen LogP contribution in [0.1, 0.15) is 52.0 Å². The number of pyridine rings is 1. The maximum atomic E-state index is 12.4. The van der Waals surface area contributed by atoms with E-state index in [0.29, 0.717) is 36.9 Å². The zero-order chi connectivity index (χ0) is 29.4. The minimum atomic E-state index is -0.494. The maximum absolute atomic E-state index is 12.4. The quantitative estimate of drug-likeness (QED) is 0.449. The van der Waals surface area contributed by atoms with Gasteiger partial charge in [0.25, 0.3) is 0 Å². The summed E-state index contributed by atoms with van der Waals surface area (Å²) in [6, 6.07) is 15.2. The minimum absolute atomic E-state index is 0.0182. The van der Waals surface area contributed by atoms with Crippen LogP contribution in [0.4, 0.5) is 22.0 Å². The third-order valence-corrected chi connectivity index (χ3v) is 8.44. The summed E-state index contributed by atoms with van der Waals surface area (Å²) < 4.78 is 11.8. The molecule has 1 aromatic carbocycles. The summed E-state index contributed by atoms with van der Waals surface area (Å²) in [6.07, 6.45) is 5.33. The van der Waals surface area contributed by atoms with Gasteiger partial charge in [0.05, 0.1) is 11.4 Å². The third kappa shape index (κ3) is 5.93. The molecule has 2 bridgehead atoms. The Morgan fingerprint density at radius 3 is 2.38 bits per heavy atom. The van der Waals surface area contributed by atoms with Crippen molar-refractivity contribution in [2.24, 2.45) is 0 Å². The van der Waals surface area contributed by atoms with Gasteiger partial charge in [0, 0.05) is 74.6 Å². The van der Waals surface area contributed by atoms with Crippen molar-refractivity contribution >= 4 is 23.3 Å². The highest BCUT2D eigenvalue weighted by Gasteiger charge is 2.41. The van der Waals surface area contributed by atoms with Crippen molar-refractivity contribution in [3.8, 4) is 17.1 Å². The smallest absolute Gasteiger partial charge is 0.410 e. The van der Waals surface area contributed by atoms with Crippen LogP contribution >= 0.6 is 0 Å². The number of fused-ring (bicyclic) bond motifs is 2. The number of aromatic nitrogens is 3. The van der Waals surface area contributed by atoms with Crippen molar-refractivity contribution in [3.63, 3.8) is 0 Å². The number of ether oxygens (including phenoxy) is 2. The highest BCUT2D eigenvalue weighted by Crippen LogP contribution is 2.39. The number of rotatable bonds is 5. The summed E-state index contributed by atoms with van der Waals surface area (Å²) in [7, 11) is 0. The lowest BCUT2D eigenvalue weighted by Gasteiger charge is -2.43. The van der Waals surface area contributed by atoms with E-state index < -0.39 is 5.60 Å². The molecule has 0 aliphatic carbocycles. The Balaban J connectivity index is 1.11. The monoisotopic (exact) mass is 571 g/mol. The normalized spacial score (nSPS) is 21.0. The molecule has 222 valence electrons. The number of benzene rings is 1. The van der Waals surface area contributed by atoms with Crippen LogP contribution in [0.15, 0.2) is 48.7 Å². The average molecular weight is 572 g/mol. The van der Waals surface area contributed by atoms with Crippen molar-refractivity contribution < 1.29 is 14.3 Å². The molecule has 3 fully saturated rings. The number of carbonyl (C=O) groups excluding carboxylic acids is 1. The Bertz CT molecular complexity index is 1420. The molecule has 2 atom stereocenters. The molecule has 0 radical (unpaired) electrons. The van der Waals surface area contributed by atoms with Gasteiger partial charge in [-0.3, -0.25) is 0 Å². The second-order valence-corrected chi connectivity index (χ2v) is 12.6. The van der Waals surface area contributed by atoms with Crippen molar-refractivity contribution in [1.82, 2.24) is 20.1 Å². The number of nitrogens with two attached hydrogens (primary N) is 1. The van der Waals surface area contributed by atoms with E-state index in [2.05, 4.69) is 62.2 Å². The van der Waals surface area contributed by atoms with Gasteiger partial charge < -0.3 is 29.9 Å². The van der Waals surface area contributed by atoms with Crippen LogP contribution in [0.25, 0.3) is 11.3 Å². The Morgan fingerprint density at radius 1 is 0.976 bits per heavy atom. The summed E-state index contributed by atoms with van der Waals surface area (Å²) in [5, 5.41) is 8.74. The zero-order valence-electron chi connectivity index (χ0n) is 25.0. The topological polar surface area (TPSA) is 110 Å². The van der Waals surface area contributed by atoms with Gasteiger partial charge in [-0.25, -0.2) is 9.78 Å². The first-order valence-electron chi connectivity index (χ1n) is 15.0. The summed E-state index contributed by atoms with van der Waals surface area (Å²) in [5.74, 6) is 1.10. The predicted molar refractivity (Wildman–Crippen MR) is 164 cm³/mol. The number of piperazine rings is 1. The fourth-order valence-electron chi connectivity index (χ4n) is 6.44. The molecule has 3 aromatic rings. The van der Waals surface area contributed by atoms with Gasteiger partial charge in [-0.2, -0.15) is 0 Å². The Labute approximate surface area is 247 Å². The molecule has 2 aromatic heterocycles. The van der Waals surface area contributed by atoms with E-state index in [1.807, 2.05) is 39.1 Å². The number of nitrogen functional groups attached to an aromatic ring is 1. The van der Waals surface area contributed by atoms with E-state index in [1.54, 1.807) is 4.90 Å². The molecule has 2 unspecified atom stereocenters. The van der Waals surface area contributed by atoms with Crippen molar-refractivity contribution in [2.75, 3.05) is 41.7 Å². The van der Waals surface area contributed by atoms with Gasteiger partial charge in [-0.05, 0) is 58.2 Å². The number of hydrogen-bond acceptors (Lipinski definition) is 9. The lowest BCUT2D eigenvalue weighted by atomic mass is 10.0. The van der Waals surface area contributed by atoms with E-state index in [0.717, 1.165) is 67.0 Å². The average Bonchev–Trinajstić information content (AvgIpc) is 3.22. The largest absolute Gasteiger partial charge is 0.474 e. The molecule has 0 spiro atoms. The molecule has 42 heavy (non-hydrogen) atoms. The zero-order valence-corrected chi connectivity index (χ0v) is 25.0. The van der Waals surface area contributed by atoms with Gasteiger partial charge in [-0.1, -0.05) is 24.3 Å². The number of hydrogen-bond donors (Lipinski definition) is 1. The molecule has 10 nitrogen and oxygen atoms in total. The van der Waals surface area contributed by atoms with Crippen LogP contribution in [0.3, 0.4) is 0 Å². The Hall–Kier alpha value is -4.08. The first-order valence-corrected chi connectivity index (χ1v) is 15.0. The van der Waals surface area contributed by atoms with Crippen LogP contribution in [-0.4, -0.2) is 76.1 Å². The highest BCUT2D eigenvalue weighted by atomic mass is 16.6. The second-order valence-electron chi connectivity index (χ2n) is 12.6. The van der Waals surface area contributed by atoms with Crippen LogP contribution in [0, 0.1) is 6.92 Å². The summed E-state index contributed by atoms with van der Waals surface area (Å²) in [5.41, 5.74) is 11.1. The molecule has 1 amide bonds. The van der Waals surface area contributed by atoms with Crippen LogP contribution in [0.2, 0.25) is 0 Å². The summed E-state index contributed by atoms with van der Waals surface area (Å²) in [6.45, 7) is 10.7. The van der Waals surface area contributed by atoms with E-state index in [-0.39, 0.29) is 12.2 Å². The summed E-state index contributed by atoms with van der Waals surface area (Å²) in [4.78, 5) is 23.6. The Kier molecular flexibility index (Phi) is 7.55. The molecule has 10 heteroatoms. The number of likely N-dealkylation sites (tertiary alicyclic amines) is 1. The third-order valence-electron chi connectivity index (χ3n) is 8.44. The molecule has 6 rings (SSSR count). The molecule has 3 aliphatic heterocycles. The second kappa shape index (κ2) is 11.3. The number of carbonyl (C=O) groups is 1. The lowest BCUT2D eigenvalue weighted by Crippen LogP contribution is -2.54. The van der Waals surface area contributed by atoms with E-state index in [1.165, 1.54) is 0 Å². The van der Waals surface area contributed by atoms with Gasteiger partial charge in [0.15, 0.2) is 5.82 Å². The molecule has 0 saturated carbocycles. The molecule has 2 N–H and O–H groups in total. The standard InChI is InChI=1S/C32H41N7O3/c1-21-7-5-6-8-26(21)27-18-28(30(33)36-35-27)38-19-23-9-10-24(20-38)39(23)22-11-14-34-29(17-22)41-25-12-15-37(16-13-25)31(40)42-32(2,3)4/h5-8,11,14,17-18,23-25H,9-10,12-13,15-16,19-20H2,1-4H3,(H2,33,36). The van der Waals surface area contributed by atoms with Crippen molar-refractivity contribution in [3.05, 3.63) is 54.2 Å². The van der Waals surface area contributed by atoms with E-state index >= 15 is 0 Å². The predicted octanol–water partition coefficient (Wildman–Crippen LogP) is 5.07.